The van der Waals surface area contributed by atoms with Gasteiger partial charge in [-0.3, -0.25) is 9.59 Å². The summed E-state index contributed by atoms with van der Waals surface area (Å²) in [5, 5.41) is 7.23. The second-order valence-corrected chi connectivity index (χ2v) is 9.44. The number of amides is 2. The normalized spacial score (nSPS) is 24.7. The number of carbonyl (C=O) groups is 2. The number of nitrogens with zero attached hydrogens (tertiary/aromatic N) is 3. The van der Waals surface area contributed by atoms with Crippen molar-refractivity contribution in [2.75, 3.05) is 13.1 Å². The highest BCUT2D eigenvalue weighted by Crippen LogP contribution is 2.41. The lowest BCUT2D eigenvalue weighted by Gasteiger charge is -2.33. The molecule has 2 heterocycles. The van der Waals surface area contributed by atoms with E-state index in [1.165, 1.54) is 0 Å². The molecule has 2 amide bonds. The summed E-state index contributed by atoms with van der Waals surface area (Å²) in [6, 6.07) is 9.69. The molecule has 1 saturated heterocycles. The molecule has 1 aliphatic carbocycles. The van der Waals surface area contributed by atoms with Gasteiger partial charge >= 0.3 is 0 Å². The summed E-state index contributed by atoms with van der Waals surface area (Å²) in [5.41, 5.74) is 1.00. The van der Waals surface area contributed by atoms with Crippen LogP contribution >= 0.6 is 0 Å². The van der Waals surface area contributed by atoms with Crippen LogP contribution in [0.1, 0.15) is 81.5 Å². The highest BCUT2D eigenvalue weighted by Gasteiger charge is 2.45. The molecule has 1 aromatic heterocycles. The number of nitrogens with one attached hydrogen (secondary N) is 1. The number of aromatic nitrogens is 2. The zero-order valence-electron chi connectivity index (χ0n) is 19.1. The van der Waals surface area contributed by atoms with E-state index in [1.807, 2.05) is 49.1 Å². The van der Waals surface area contributed by atoms with Crippen molar-refractivity contribution >= 4 is 11.8 Å². The molecule has 0 unspecified atom stereocenters. The molecular formula is C25H34N4O3. The summed E-state index contributed by atoms with van der Waals surface area (Å²) in [6.07, 6.45) is 5.73. The molecule has 7 heteroatoms. The molecule has 0 bridgehead atoms. The summed E-state index contributed by atoms with van der Waals surface area (Å²) in [5.74, 6) is 1.34. The maximum atomic E-state index is 13.4. The van der Waals surface area contributed by atoms with Gasteiger partial charge in [-0.25, -0.2) is 0 Å². The van der Waals surface area contributed by atoms with Crippen LogP contribution in [0.15, 0.2) is 34.9 Å². The molecule has 4 rings (SSSR count). The average Bonchev–Trinajstić information content (AvgIpc) is 3.43. The Bertz CT molecular complexity index is 911. The van der Waals surface area contributed by atoms with E-state index in [1.54, 1.807) is 0 Å². The molecule has 2 aromatic rings. The van der Waals surface area contributed by atoms with Crippen molar-refractivity contribution in [1.82, 2.24) is 20.4 Å². The van der Waals surface area contributed by atoms with Crippen LogP contribution in [-0.4, -0.2) is 46.0 Å². The maximum absolute atomic E-state index is 13.4. The first kappa shape index (κ1) is 22.5. The lowest BCUT2D eigenvalue weighted by molar-refractivity contribution is -0.136. The Morgan fingerprint density at radius 1 is 1.16 bits per heavy atom. The van der Waals surface area contributed by atoms with Crippen LogP contribution in [0.4, 0.5) is 0 Å². The molecule has 3 atom stereocenters. The summed E-state index contributed by atoms with van der Waals surface area (Å²) < 4.78 is 5.58. The smallest absolute Gasteiger partial charge is 0.229 e. The van der Waals surface area contributed by atoms with Gasteiger partial charge in [0.1, 0.15) is 0 Å². The number of rotatable bonds is 4. The molecule has 32 heavy (non-hydrogen) atoms. The fourth-order valence-corrected chi connectivity index (χ4v) is 4.94. The summed E-state index contributed by atoms with van der Waals surface area (Å²) in [4.78, 5) is 33.1. The molecular weight excluding hydrogens is 404 g/mol. The van der Waals surface area contributed by atoms with Crippen LogP contribution in [0.25, 0.3) is 0 Å². The van der Waals surface area contributed by atoms with Crippen molar-refractivity contribution in [2.45, 2.75) is 76.7 Å². The van der Waals surface area contributed by atoms with Crippen molar-refractivity contribution < 1.29 is 14.1 Å². The van der Waals surface area contributed by atoms with Gasteiger partial charge in [0.05, 0.1) is 12.3 Å². The summed E-state index contributed by atoms with van der Waals surface area (Å²) >= 11 is 0. The predicted octanol–water partition coefficient (Wildman–Crippen LogP) is 3.82. The van der Waals surface area contributed by atoms with Gasteiger partial charge in [0, 0.05) is 31.0 Å². The van der Waals surface area contributed by atoms with Gasteiger partial charge < -0.3 is 14.7 Å². The molecule has 1 aliphatic heterocycles. The van der Waals surface area contributed by atoms with E-state index in [9.17, 15) is 9.59 Å². The molecule has 7 nitrogen and oxygen atoms in total. The minimum atomic E-state index is -0.257. The average molecular weight is 439 g/mol. The lowest BCUT2D eigenvalue weighted by Crippen LogP contribution is -2.47. The molecule has 2 aliphatic rings. The number of carbonyl (C=O) groups excluding carboxylic acids is 2. The van der Waals surface area contributed by atoms with E-state index in [2.05, 4.69) is 15.5 Å². The Hall–Kier alpha value is -2.70. The highest BCUT2D eigenvalue weighted by atomic mass is 16.5. The van der Waals surface area contributed by atoms with Crippen molar-refractivity contribution in [1.29, 1.82) is 0 Å². The first-order valence-electron chi connectivity index (χ1n) is 12.0. The van der Waals surface area contributed by atoms with E-state index >= 15 is 0 Å². The first-order chi connectivity index (χ1) is 15.5. The van der Waals surface area contributed by atoms with Crippen molar-refractivity contribution in [3.8, 4) is 0 Å². The quantitative estimate of drug-likeness (QED) is 0.784. The van der Waals surface area contributed by atoms with Crippen LogP contribution in [0.3, 0.4) is 0 Å². The SMILES string of the molecule is CC(C)c1noc([C@H]2C[C@@H]3C(=O)NCCCCCCN(C(=O)Cc4ccccc4)[C@@H]3C2)n1. The van der Waals surface area contributed by atoms with E-state index in [0.717, 1.165) is 31.2 Å². The fraction of sp³-hybridized carbons (Fsp3) is 0.600. The third-order valence-electron chi connectivity index (χ3n) is 6.73. The van der Waals surface area contributed by atoms with E-state index < -0.39 is 0 Å². The van der Waals surface area contributed by atoms with Crippen LogP contribution in [0.5, 0.6) is 0 Å². The Balaban J connectivity index is 1.59. The molecule has 0 radical (unpaired) electrons. The Labute approximate surface area is 189 Å². The van der Waals surface area contributed by atoms with Crippen molar-refractivity contribution in [2.24, 2.45) is 5.92 Å². The second kappa shape index (κ2) is 10.3. The van der Waals surface area contributed by atoms with Crippen LogP contribution in [-0.2, 0) is 16.0 Å². The fourth-order valence-electron chi connectivity index (χ4n) is 4.94. The van der Waals surface area contributed by atoms with Crippen LogP contribution in [0.2, 0.25) is 0 Å². The van der Waals surface area contributed by atoms with Crippen molar-refractivity contribution in [3.63, 3.8) is 0 Å². The first-order valence-corrected chi connectivity index (χ1v) is 12.0. The molecule has 1 aromatic carbocycles. The van der Waals surface area contributed by atoms with Gasteiger partial charge in [-0.05, 0) is 31.2 Å². The van der Waals surface area contributed by atoms with Gasteiger partial charge in [-0.15, -0.1) is 0 Å². The number of fused-ring (bicyclic) bond motifs is 1. The predicted molar refractivity (Wildman–Crippen MR) is 121 cm³/mol. The number of benzene rings is 1. The van der Waals surface area contributed by atoms with Crippen LogP contribution in [0, 0.1) is 5.92 Å². The number of hydrogen-bond donors (Lipinski definition) is 1. The molecule has 2 fully saturated rings. The van der Waals surface area contributed by atoms with Gasteiger partial charge in [-0.2, -0.15) is 4.98 Å². The van der Waals surface area contributed by atoms with Crippen molar-refractivity contribution in [3.05, 3.63) is 47.6 Å². The van der Waals surface area contributed by atoms with Gasteiger partial charge in [0.25, 0.3) is 0 Å². The van der Waals surface area contributed by atoms with E-state index in [0.29, 0.717) is 44.1 Å². The van der Waals surface area contributed by atoms with E-state index in [4.69, 9.17) is 4.52 Å². The third-order valence-corrected chi connectivity index (χ3v) is 6.73. The van der Waals surface area contributed by atoms with Gasteiger partial charge in [-0.1, -0.05) is 62.2 Å². The minimum absolute atomic E-state index is 0.00860. The largest absolute Gasteiger partial charge is 0.356 e. The molecule has 172 valence electrons. The Kier molecular flexibility index (Phi) is 7.22. The summed E-state index contributed by atoms with van der Waals surface area (Å²) in [7, 11) is 0. The van der Waals surface area contributed by atoms with Crippen LogP contribution < -0.4 is 5.32 Å². The van der Waals surface area contributed by atoms with Gasteiger partial charge in [0.2, 0.25) is 17.7 Å². The van der Waals surface area contributed by atoms with E-state index in [-0.39, 0.29) is 35.6 Å². The number of hydrogen-bond acceptors (Lipinski definition) is 5. The minimum Gasteiger partial charge on any atom is -0.356 e. The molecule has 0 spiro atoms. The second-order valence-electron chi connectivity index (χ2n) is 9.44. The lowest BCUT2D eigenvalue weighted by atomic mass is 9.99. The molecule has 1 N–H and O–H groups in total. The molecule has 1 saturated carbocycles. The highest BCUT2D eigenvalue weighted by molar-refractivity contribution is 5.83. The monoisotopic (exact) mass is 438 g/mol. The maximum Gasteiger partial charge on any atom is 0.229 e. The standard InChI is InChI=1S/C25H34N4O3/c1-17(2)23-27-25(32-28-23)19-15-20-21(16-19)29(13-9-4-3-8-12-26-24(20)31)22(30)14-18-10-6-5-7-11-18/h5-7,10-11,17,19-21H,3-4,8-9,12-16H2,1-2H3,(H,26,31)/t19-,20-,21+/m0/s1. The Morgan fingerprint density at radius 2 is 1.94 bits per heavy atom. The Morgan fingerprint density at radius 3 is 2.69 bits per heavy atom. The summed E-state index contributed by atoms with van der Waals surface area (Å²) in [6.45, 7) is 5.45. The zero-order chi connectivity index (χ0) is 22.5. The zero-order valence-corrected chi connectivity index (χ0v) is 19.1. The van der Waals surface area contributed by atoms with Gasteiger partial charge in [0.15, 0.2) is 5.82 Å². The third kappa shape index (κ3) is 5.19. The topological polar surface area (TPSA) is 88.3 Å².